The Hall–Kier alpha value is -0.480. The molecular formula is C10H17Cl2NO3. The monoisotopic (exact) mass is 269 g/mol. The zero-order valence-electron chi connectivity index (χ0n) is 9.20. The number of alkyl halides is 2. The van der Waals surface area contributed by atoms with Crippen molar-refractivity contribution in [1.82, 2.24) is 0 Å². The Morgan fingerprint density at radius 1 is 1.62 bits per heavy atom. The molecule has 2 unspecified atom stereocenters. The van der Waals surface area contributed by atoms with Crippen LogP contribution in [-0.4, -0.2) is 32.7 Å². The summed E-state index contributed by atoms with van der Waals surface area (Å²) in [4.78, 5) is 9.73. The van der Waals surface area contributed by atoms with Gasteiger partial charge in [-0.25, -0.2) is 0 Å². The number of carboxylic acid groups (broad SMARTS) is 1. The molecule has 0 aromatic rings. The van der Waals surface area contributed by atoms with E-state index >= 15 is 0 Å². The zero-order chi connectivity index (χ0) is 12.6. The summed E-state index contributed by atoms with van der Waals surface area (Å²) in [6, 6.07) is 0. The third-order valence-corrected chi connectivity index (χ3v) is 2.71. The maximum Gasteiger partial charge on any atom is 0.304 e. The minimum atomic E-state index is -0.845. The highest BCUT2D eigenvalue weighted by atomic mass is 35.5. The van der Waals surface area contributed by atoms with E-state index in [2.05, 4.69) is 5.16 Å². The van der Waals surface area contributed by atoms with Crippen LogP contribution in [0.25, 0.3) is 0 Å². The molecule has 0 aliphatic heterocycles. The van der Waals surface area contributed by atoms with Gasteiger partial charge in [0.05, 0.1) is 17.5 Å². The first-order valence-corrected chi connectivity index (χ1v) is 6.05. The number of carboxylic acids is 1. The SMILES string of the molecule is CC(Cl)CC(=O)O.O/N=C1/CCCCC1Cl. The molecule has 2 N–H and O–H groups in total. The Morgan fingerprint density at radius 3 is 2.50 bits per heavy atom. The minimum Gasteiger partial charge on any atom is -0.481 e. The molecule has 0 aromatic carbocycles. The molecule has 0 aromatic heterocycles. The second-order valence-corrected chi connectivity index (χ2v) is 4.96. The van der Waals surface area contributed by atoms with Gasteiger partial charge < -0.3 is 10.3 Å². The standard InChI is InChI=1S/C6H10ClNO.C4H7ClO2/c7-5-3-1-2-4-6(5)8-9;1-3(5)2-4(6)7/h5,9H,1-4H2;3H,2H2,1H3,(H,6,7)/b8-6-;. The molecule has 1 aliphatic rings. The minimum absolute atomic E-state index is 0.0104. The average Bonchev–Trinajstić information content (AvgIpc) is 2.17. The third-order valence-electron chi connectivity index (χ3n) is 2.09. The quantitative estimate of drug-likeness (QED) is 0.460. The van der Waals surface area contributed by atoms with Gasteiger partial charge in [-0.3, -0.25) is 4.79 Å². The van der Waals surface area contributed by atoms with Crippen LogP contribution in [-0.2, 0) is 4.79 Å². The van der Waals surface area contributed by atoms with E-state index in [4.69, 9.17) is 33.5 Å². The smallest absolute Gasteiger partial charge is 0.304 e. The van der Waals surface area contributed by atoms with Crippen LogP contribution < -0.4 is 0 Å². The molecule has 0 amide bonds. The molecule has 1 fully saturated rings. The number of aliphatic carboxylic acids is 1. The molecule has 6 heteroatoms. The van der Waals surface area contributed by atoms with E-state index in [0.717, 1.165) is 31.4 Å². The highest BCUT2D eigenvalue weighted by Crippen LogP contribution is 2.19. The van der Waals surface area contributed by atoms with Gasteiger partial charge in [0.2, 0.25) is 0 Å². The van der Waals surface area contributed by atoms with Gasteiger partial charge in [-0.1, -0.05) is 11.6 Å². The van der Waals surface area contributed by atoms with Crippen molar-refractivity contribution in [2.24, 2.45) is 5.16 Å². The van der Waals surface area contributed by atoms with Crippen LogP contribution in [0.3, 0.4) is 0 Å². The van der Waals surface area contributed by atoms with E-state index < -0.39 is 5.97 Å². The summed E-state index contributed by atoms with van der Waals surface area (Å²) in [6.07, 6.45) is 4.14. The molecule has 1 aliphatic carbocycles. The molecule has 4 nitrogen and oxygen atoms in total. The second kappa shape index (κ2) is 8.65. The molecule has 1 rings (SSSR count). The van der Waals surface area contributed by atoms with Gasteiger partial charge in [0.15, 0.2) is 0 Å². The van der Waals surface area contributed by atoms with Crippen LogP contribution in [0.2, 0.25) is 0 Å². The first kappa shape index (κ1) is 15.5. The number of carbonyl (C=O) groups is 1. The van der Waals surface area contributed by atoms with E-state index in [0.29, 0.717) is 0 Å². The normalized spacial score (nSPS) is 24.4. The first-order valence-electron chi connectivity index (χ1n) is 5.18. The predicted molar refractivity (Wildman–Crippen MR) is 64.9 cm³/mol. The Balaban J connectivity index is 0.000000293. The second-order valence-electron chi connectivity index (χ2n) is 3.68. The van der Waals surface area contributed by atoms with Gasteiger partial charge in [-0.05, 0) is 26.2 Å². The molecule has 0 bridgehead atoms. The van der Waals surface area contributed by atoms with Crippen molar-refractivity contribution in [3.8, 4) is 0 Å². The Morgan fingerprint density at radius 2 is 2.25 bits per heavy atom. The lowest BCUT2D eigenvalue weighted by molar-refractivity contribution is -0.136. The summed E-state index contributed by atoms with van der Waals surface area (Å²) in [5.41, 5.74) is 0.753. The van der Waals surface area contributed by atoms with Crippen LogP contribution in [0.1, 0.15) is 39.0 Å². The number of hydrogen-bond donors (Lipinski definition) is 2. The number of rotatable bonds is 2. The van der Waals surface area contributed by atoms with E-state index in [1.165, 1.54) is 0 Å². The highest BCUT2D eigenvalue weighted by Gasteiger charge is 2.17. The maximum absolute atomic E-state index is 9.73. The molecule has 2 atom stereocenters. The van der Waals surface area contributed by atoms with Gasteiger partial charge in [0.1, 0.15) is 0 Å². The Kier molecular flexibility index (Phi) is 8.39. The lowest BCUT2D eigenvalue weighted by atomic mass is 9.98. The van der Waals surface area contributed by atoms with E-state index in [1.807, 2.05) is 0 Å². The van der Waals surface area contributed by atoms with Crippen molar-refractivity contribution in [1.29, 1.82) is 0 Å². The zero-order valence-corrected chi connectivity index (χ0v) is 10.7. The topological polar surface area (TPSA) is 69.9 Å². The largest absolute Gasteiger partial charge is 0.481 e. The van der Waals surface area contributed by atoms with Crippen LogP contribution in [0.15, 0.2) is 5.16 Å². The molecule has 0 spiro atoms. The van der Waals surface area contributed by atoms with E-state index in [1.54, 1.807) is 6.92 Å². The Bertz CT molecular complexity index is 244. The predicted octanol–water partition coefficient (Wildman–Crippen LogP) is 3.09. The van der Waals surface area contributed by atoms with Crippen molar-refractivity contribution in [3.05, 3.63) is 0 Å². The summed E-state index contributed by atoms with van der Waals surface area (Å²) in [7, 11) is 0. The van der Waals surface area contributed by atoms with Gasteiger partial charge >= 0.3 is 5.97 Å². The molecule has 1 saturated carbocycles. The number of hydrogen-bond acceptors (Lipinski definition) is 3. The van der Waals surface area contributed by atoms with Gasteiger partial charge in [0.25, 0.3) is 0 Å². The number of oxime groups is 1. The average molecular weight is 270 g/mol. The van der Waals surface area contributed by atoms with Gasteiger partial charge in [-0.15, -0.1) is 23.2 Å². The lowest BCUT2D eigenvalue weighted by Gasteiger charge is -2.15. The number of halogens is 2. The molecule has 16 heavy (non-hydrogen) atoms. The fourth-order valence-electron chi connectivity index (χ4n) is 1.31. The fourth-order valence-corrected chi connectivity index (χ4v) is 1.75. The summed E-state index contributed by atoms with van der Waals surface area (Å²) >= 11 is 11.1. The van der Waals surface area contributed by atoms with Crippen LogP contribution in [0, 0.1) is 0 Å². The summed E-state index contributed by atoms with van der Waals surface area (Å²) in [5.74, 6) is -0.845. The van der Waals surface area contributed by atoms with E-state index in [-0.39, 0.29) is 17.2 Å². The van der Waals surface area contributed by atoms with Crippen molar-refractivity contribution in [2.45, 2.75) is 49.8 Å². The van der Waals surface area contributed by atoms with Crippen LogP contribution in [0.4, 0.5) is 0 Å². The van der Waals surface area contributed by atoms with Crippen molar-refractivity contribution < 1.29 is 15.1 Å². The van der Waals surface area contributed by atoms with Crippen molar-refractivity contribution >= 4 is 34.9 Å². The molecule has 0 heterocycles. The Labute approximate surface area is 105 Å². The van der Waals surface area contributed by atoms with Crippen molar-refractivity contribution in [3.63, 3.8) is 0 Å². The third kappa shape index (κ3) is 7.77. The highest BCUT2D eigenvalue weighted by molar-refractivity contribution is 6.32. The molecular weight excluding hydrogens is 253 g/mol. The van der Waals surface area contributed by atoms with Gasteiger partial charge in [-0.2, -0.15) is 0 Å². The van der Waals surface area contributed by atoms with Crippen LogP contribution >= 0.6 is 23.2 Å². The first-order chi connectivity index (χ1) is 7.47. The molecule has 0 radical (unpaired) electrons. The van der Waals surface area contributed by atoms with Crippen molar-refractivity contribution in [2.75, 3.05) is 0 Å². The lowest BCUT2D eigenvalue weighted by Crippen LogP contribution is -2.18. The summed E-state index contributed by atoms with van der Waals surface area (Å²) in [6.45, 7) is 1.65. The maximum atomic E-state index is 9.73. The summed E-state index contributed by atoms with van der Waals surface area (Å²) in [5, 5.41) is 19.2. The van der Waals surface area contributed by atoms with E-state index in [9.17, 15) is 4.79 Å². The summed E-state index contributed by atoms with van der Waals surface area (Å²) < 4.78 is 0. The fraction of sp³-hybridized carbons (Fsp3) is 0.800. The number of nitrogens with zero attached hydrogens (tertiary/aromatic N) is 1. The molecule has 0 saturated heterocycles. The van der Waals surface area contributed by atoms with Gasteiger partial charge in [0, 0.05) is 5.38 Å². The van der Waals surface area contributed by atoms with Crippen LogP contribution in [0.5, 0.6) is 0 Å². The molecule has 94 valence electrons.